The van der Waals surface area contributed by atoms with E-state index in [0.29, 0.717) is 5.71 Å². The summed E-state index contributed by atoms with van der Waals surface area (Å²) in [6.07, 6.45) is 1.67. The summed E-state index contributed by atoms with van der Waals surface area (Å²) in [7, 11) is 3.97. The zero-order chi connectivity index (χ0) is 16.8. The molecule has 0 saturated heterocycles. The van der Waals surface area contributed by atoms with E-state index in [1.807, 2.05) is 50.2 Å². The summed E-state index contributed by atoms with van der Waals surface area (Å²) in [6, 6.07) is 14.2. The molecule has 0 heterocycles. The molecule has 0 aromatic heterocycles. The van der Waals surface area contributed by atoms with E-state index in [4.69, 9.17) is 0 Å². The van der Waals surface area contributed by atoms with Gasteiger partial charge in [-0.05, 0) is 42.3 Å². The van der Waals surface area contributed by atoms with E-state index in [1.165, 1.54) is 12.1 Å². The fourth-order valence-electron chi connectivity index (χ4n) is 1.92. The molecule has 0 saturated carbocycles. The van der Waals surface area contributed by atoms with E-state index in [-0.39, 0.29) is 5.69 Å². The molecule has 0 amide bonds. The minimum atomic E-state index is -0.425. The van der Waals surface area contributed by atoms with Crippen molar-refractivity contribution in [2.75, 3.05) is 19.0 Å². The zero-order valence-electron chi connectivity index (χ0n) is 13.3. The van der Waals surface area contributed by atoms with Crippen molar-refractivity contribution in [1.29, 1.82) is 0 Å². The van der Waals surface area contributed by atoms with E-state index in [2.05, 4.69) is 10.2 Å². The lowest BCUT2D eigenvalue weighted by Gasteiger charge is -2.11. The summed E-state index contributed by atoms with van der Waals surface area (Å²) >= 11 is 0. The average molecular weight is 310 g/mol. The Morgan fingerprint density at radius 1 is 1.09 bits per heavy atom. The van der Waals surface area contributed by atoms with E-state index in [0.717, 1.165) is 16.8 Å². The second-order valence-corrected chi connectivity index (χ2v) is 5.22. The molecule has 0 atom stereocenters. The summed E-state index contributed by atoms with van der Waals surface area (Å²) in [5.74, 6) is 0. The van der Waals surface area contributed by atoms with Crippen molar-refractivity contribution >= 4 is 23.3 Å². The molecule has 0 radical (unpaired) electrons. The fourth-order valence-corrected chi connectivity index (χ4v) is 1.92. The summed E-state index contributed by atoms with van der Waals surface area (Å²) in [4.78, 5) is 12.2. The smallest absolute Gasteiger partial charge is 0.269 e. The quantitative estimate of drug-likeness (QED) is 0.482. The Morgan fingerprint density at radius 2 is 1.70 bits per heavy atom. The van der Waals surface area contributed by atoms with Crippen LogP contribution in [0.25, 0.3) is 0 Å². The van der Waals surface area contributed by atoms with Gasteiger partial charge in [0.2, 0.25) is 0 Å². The minimum Gasteiger partial charge on any atom is -0.378 e. The third-order valence-electron chi connectivity index (χ3n) is 3.32. The van der Waals surface area contributed by atoms with Gasteiger partial charge in [0.15, 0.2) is 0 Å². The van der Waals surface area contributed by atoms with Crippen LogP contribution in [-0.4, -0.2) is 30.9 Å². The fraction of sp³-hybridized carbons (Fsp3) is 0.176. The van der Waals surface area contributed by atoms with E-state index in [9.17, 15) is 10.1 Å². The molecule has 0 unspecified atom stereocenters. The average Bonchev–Trinajstić information content (AvgIpc) is 2.55. The number of benzene rings is 2. The van der Waals surface area contributed by atoms with E-state index < -0.39 is 4.92 Å². The lowest BCUT2D eigenvalue weighted by Crippen LogP contribution is -2.08. The topological polar surface area (TPSA) is 71.1 Å². The first-order valence-electron chi connectivity index (χ1n) is 7.07. The predicted octanol–water partition coefficient (Wildman–Crippen LogP) is 3.50. The van der Waals surface area contributed by atoms with Crippen LogP contribution < -0.4 is 4.90 Å². The van der Waals surface area contributed by atoms with Crippen LogP contribution in [0.15, 0.2) is 58.7 Å². The molecule has 118 valence electrons. The molecule has 6 nitrogen and oxygen atoms in total. The van der Waals surface area contributed by atoms with Crippen molar-refractivity contribution in [3.63, 3.8) is 0 Å². The maximum Gasteiger partial charge on any atom is 0.269 e. The van der Waals surface area contributed by atoms with Gasteiger partial charge < -0.3 is 4.90 Å². The van der Waals surface area contributed by atoms with Crippen molar-refractivity contribution in [3.8, 4) is 0 Å². The van der Waals surface area contributed by atoms with Gasteiger partial charge in [-0.2, -0.15) is 10.2 Å². The van der Waals surface area contributed by atoms with Crippen LogP contribution in [0.5, 0.6) is 0 Å². The van der Waals surface area contributed by atoms with E-state index >= 15 is 0 Å². The molecule has 0 N–H and O–H groups in total. The van der Waals surface area contributed by atoms with Crippen molar-refractivity contribution < 1.29 is 4.92 Å². The monoisotopic (exact) mass is 310 g/mol. The third-order valence-corrected chi connectivity index (χ3v) is 3.32. The highest BCUT2D eigenvalue weighted by atomic mass is 16.6. The first-order valence-corrected chi connectivity index (χ1v) is 7.07. The molecule has 0 aliphatic rings. The maximum atomic E-state index is 10.6. The molecular weight excluding hydrogens is 292 g/mol. The first-order chi connectivity index (χ1) is 11.0. The Balaban J connectivity index is 2.07. The normalized spacial score (nSPS) is 11.7. The van der Waals surface area contributed by atoms with Gasteiger partial charge in [0.1, 0.15) is 0 Å². The van der Waals surface area contributed by atoms with Gasteiger partial charge in [0, 0.05) is 31.9 Å². The predicted molar refractivity (Wildman–Crippen MR) is 93.7 cm³/mol. The molecule has 0 aliphatic carbocycles. The molecule has 23 heavy (non-hydrogen) atoms. The SMILES string of the molecule is C/C(=N\N=C\c1ccc(N(C)C)cc1)c1ccc([N+](=O)[O-])cc1. The lowest BCUT2D eigenvalue weighted by molar-refractivity contribution is -0.384. The molecule has 0 spiro atoms. The van der Waals surface area contributed by atoms with Crippen LogP contribution in [-0.2, 0) is 0 Å². The van der Waals surface area contributed by atoms with Gasteiger partial charge in [-0.1, -0.05) is 12.1 Å². The van der Waals surface area contributed by atoms with Crippen LogP contribution in [0.1, 0.15) is 18.1 Å². The summed E-state index contributed by atoms with van der Waals surface area (Å²) in [6.45, 7) is 1.81. The van der Waals surface area contributed by atoms with Gasteiger partial charge in [0.25, 0.3) is 5.69 Å². The molecule has 0 bridgehead atoms. The Bertz CT molecular complexity index is 732. The molecule has 0 fully saturated rings. The second kappa shape index (κ2) is 7.31. The number of hydrogen-bond donors (Lipinski definition) is 0. The lowest BCUT2D eigenvalue weighted by atomic mass is 10.1. The number of nitro groups is 1. The Kier molecular flexibility index (Phi) is 5.19. The third kappa shape index (κ3) is 4.47. The number of anilines is 1. The number of non-ortho nitro benzene ring substituents is 1. The Labute approximate surface area is 134 Å². The van der Waals surface area contributed by atoms with Crippen LogP contribution in [0, 0.1) is 10.1 Å². The molecule has 2 aromatic carbocycles. The summed E-state index contributed by atoms with van der Waals surface area (Å²) < 4.78 is 0. The van der Waals surface area contributed by atoms with Crippen LogP contribution >= 0.6 is 0 Å². The van der Waals surface area contributed by atoms with E-state index in [1.54, 1.807) is 18.3 Å². The van der Waals surface area contributed by atoms with Gasteiger partial charge in [-0.3, -0.25) is 10.1 Å². The Hall–Kier alpha value is -3.02. The highest BCUT2D eigenvalue weighted by molar-refractivity contribution is 5.99. The number of rotatable bonds is 5. The van der Waals surface area contributed by atoms with Gasteiger partial charge in [-0.15, -0.1) is 0 Å². The highest BCUT2D eigenvalue weighted by Gasteiger charge is 2.05. The van der Waals surface area contributed by atoms with Gasteiger partial charge in [-0.25, -0.2) is 0 Å². The second-order valence-electron chi connectivity index (χ2n) is 5.22. The van der Waals surface area contributed by atoms with Crippen LogP contribution in [0.4, 0.5) is 11.4 Å². The van der Waals surface area contributed by atoms with Crippen molar-refractivity contribution in [1.82, 2.24) is 0 Å². The van der Waals surface area contributed by atoms with Crippen LogP contribution in [0.3, 0.4) is 0 Å². The van der Waals surface area contributed by atoms with Gasteiger partial charge in [0.05, 0.1) is 16.8 Å². The summed E-state index contributed by atoms with van der Waals surface area (Å²) in [5, 5.41) is 18.8. The zero-order valence-corrected chi connectivity index (χ0v) is 13.3. The van der Waals surface area contributed by atoms with Crippen molar-refractivity contribution in [2.24, 2.45) is 10.2 Å². The number of nitro benzene ring substituents is 1. The largest absolute Gasteiger partial charge is 0.378 e. The maximum absolute atomic E-state index is 10.6. The molecular formula is C17H18N4O2. The van der Waals surface area contributed by atoms with Crippen LogP contribution in [0.2, 0.25) is 0 Å². The molecule has 0 aliphatic heterocycles. The summed E-state index contributed by atoms with van der Waals surface area (Å²) in [5.41, 5.74) is 3.63. The van der Waals surface area contributed by atoms with Crippen molar-refractivity contribution in [2.45, 2.75) is 6.92 Å². The highest BCUT2D eigenvalue weighted by Crippen LogP contribution is 2.13. The standard InChI is InChI=1S/C17H18N4O2/c1-13(15-6-10-17(11-7-15)21(22)23)19-18-12-14-4-8-16(9-5-14)20(2)3/h4-12H,1-3H3/b18-12+,19-13+. The number of hydrogen-bond acceptors (Lipinski definition) is 5. The Morgan fingerprint density at radius 3 is 2.22 bits per heavy atom. The first kappa shape index (κ1) is 16.4. The minimum absolute atomic E-state index is 0.0611. The number of nitrogens with zero attached hydrogens (tertiary/aromatic N) is 4. The van der Waals surface area contributed by atoms with Gasteiger partial charge >= 0.3 is 0 Å². The molecule has 6 heteroatoms. The van der Waals surface area contributed by atoms with Crippen molar-refractivity contribution in [3.05, 3.63) is 69.8 Å². The molecule has 2 aromatic rings. The molecule has 2 rings (SSSR count).